The molecule has 2 aromatic carbocycles. The Bertz CT molecular complexity index is 1180. The molecule has 2 aromatic rings. The summed E-state index contributed by atoms with van der Waals surface area (Å²) in [5.74, 6) is -0.434. The van der Waals surface area contributed by atoms with Crippen molar-refractivity contribution < 1.29 is 23.9 Å². The maximum absolute atomic E-state index is 13.3. The molecule has 3 rings (SSSR count). The van der Waals surface area contributed by atoms with Crippen LogP contribution in [0.4, 0.5) is 10.5 Å². The topological polar surface area (TPSA) is 84.9 Å². The third kappa shape index (κ3) is 5.26. The molecular weight excluding hydrogens is 432 g/mol. The summed E-state index contributed by atoms with van der Waals surface area (Å²) in [5, 5.41) is 2.26. The van der Waals surface area contributed by atoms with Crippen LogP contribution < -0.4 is 19.7 Å². The van der Waals surface area contributed by atoms with E-state index in [1.807, 2.05) is 26.8 Å². The summed E-state index contributed by atoms with van der Waals surface area (Å²) in [5.41, 5.74) is 3.35. The van der Waals surface area contributed by atoms with Gasteiger partial charge in [-0.2, -0.15) is 0 Å². The first-order valence-corrected chi connectivity index (χ1v) is 10.9. The fourth-order valence-electron chi connectivity index (χ4n) is 3.78. The van der Waals surface area contributed by atoms with E-state index in [4.69, 9.17) is 9.47 Å². The highest BCUT2D eigenvalue weighted by Crippen LogP contribution is 2.35. The van der Waals surface area contributed by atoms with Crippen LogP contribution in [0, 0.1) is 13.8 Å². The number of anilines is 1. The summed E-state index contributed by atoms with van der Waals surface area (Å²) >= 11 is 0. The Balaban J connectivity index is 2.09. The Hall–Kier alpha value is -4.13. The third-order valence-corrected chi connectivity index (χ3v) is 5.04. The number of urea groups is 1. The van der Waals surface area contributed by atoms with Gasteiger partial charge in [0.05, 0.1) is 12.3 Å². The van der Waals surface area contributed by atoms with Crippen molar-refractivity contribution >= 4 is 29.6 Å². The van der Waals surface area contributed by atoms with E-state index < -0.39 is 17.8 Å². The first kappa shape index (κ1) is 24.5. The zero-order valence-corrected chi connectivity index (χ0v) is 19.6. The van der Waals surface area contributed by atoms with Crippen LogP contribution in [0.2, 0.25) is 0 Å². The fourth-order valence-corrected chi connectivity index (χ4v) is 3.78. The van der Waals surface area contributed by atoms with E-state index in [0.717, 1.165) is 21.6 Å². The highest BCUT2D eigenvalue weighted by molar-refractivity contribution is 6.39. The molecule has 0 saturated carbocycles. The molecule has 176 valence electrons. The first-order chi connectivity index (χ1) is 16.3. The zero-order chi connectivity index (χ0) is 24.8. The molecular formula is C27H28N2O5. The number of benzene rings is 2. The van der Waals surface area contributed by atoms with Crippen LogP contribution in [0.1, 0.15) is 29.2 Å². The van der Waals surface area contributed by atoms with Gasteiger partial charge in [0.1, 0.15) is 12.2 Å². The highest BCUT2D eigenvalue weighted by atomic mass is 16.5. The molecule has 0 bridgehead atoms. The van der Waals surface area contributed by atoms with Gasteiger partial charge in [0.2, 0.25) is 0 Å². The molecule has 0 atom stereocenters. The maximum atomic E-state index is 13.3. The summed E-state index contributed by atoms with van der Waals surface area (Å²) < 4.78 is 11.6. The van der Waals surface area contributed by atoms with Gasteiger partial charge in [0.15, 0.2) is 11.5 Å². The number of hydrogen-bond donors (Lipinski definition) is 1. The molecule has 7 nitrogen and oxygen atoms in total. The molecule has 34 heavy (non-hydrogen) atoms. The Labute approximate surface area is 199 Å². The Morgan fingerprint density at radius 1 is 0.971 bits per heavy atom. The summed E-state index contributed by atoms with van der Waals surface area (Å²) in [6.45, 7) is 13.8. The van der Waals surface area contributed by atoms with E-state index in [0.29, 0.717) is 42.4 Å². The minimum Gasteiger partial charge on any atom is -0.490 e. The van der Waals surface area contributed by atoms with Gasteiger partial charge in [0.25, 0.3) is 11.8 Å². The second-order valence-electron chi connectivity index (χ2n) is 7.84. The van der Waals surface area contributed by atoms with Crippen molar-refractivity contribution in [1.29, 1.82) is 0 Å². The van der Waals surface area contributed by atoms with Crippen molar-refractivity contribution in [3.8, 4) is 11.5 Å². The third-order valence-electron chi connectivity index (χ3n) is 5.04. The van der Waals surface area contributed by atoms with Crippen LogP contribution in [0.15, 0.2) is 61.2 Å². The normalized spacial score (nSPS) is 14.7. The number of aryl methyl sites for hydroxylation is 2. The summed E-state index contributed by atoms with van der Waals surface area (Å²) in [6, 6.07) is 8.09. The van der Waals surface area contributed by atoms with Crippen LogP contribution in [0.25, 0.3) is 6.08 Å². The van der Waals surface area contributed by atoms with Crippen molar-refractivity contribution in [2.75, 3.05) is 18.1 Å². The number of carbonyl (C=O) groups is 3. The van der Waals surface area contributed by atoms with Crippen LogP contribution in [-0.2, 0) is 16.0 Å². The number of ether oxygens (including phenoxy) is 2. The number of imide groups is 2. The van der Waals surface area contributed by atoms with Crippen LogP contribution in [-0.4, -0.2) is 31.1 Å². The number of rotatable bonds is 9. The number of barbiturate groups is 1. The molecule has 1 saturated heterocycles. The quantitative estimate of drug-likeness (QED) is 0.334. The summed E-state index contributed by atoms with van der Waals surface area (Å²) in [4.78, 5) is 39.5. The van der Waals surface area contributed by atoms with Crippen molar-refractivity contribution in [1.82, 2.24) is 5.32 Å². The molecule has 1 aliphatic heterocycles. The molecule has 1 fully saturated rings. The fraction of sp³-hybridized carbons (Fsp3) is 0.222. The smallest absolute Gasteiger partial charge is 0.335 e. The SMILES string of the molecule is C=CCOc1c(CC=C)cc(/C=C2\C(=O)NC(=O)N(c3cc(C)cc(C)c3)C2=O)cc1OCC. The average molecular weight is 461 g/mol. The largest absolute Gasteiger partial charge is 0.490 e. The van der Waals surface area contributed by atoms with Crippen molar-refractivity contribution in [3.05, 3.63) is 83.5 Å². The monoisotopic (exact) mass is 460 g/mol. The van der Waals surface area contributed by atoms with Crippen molar-refractivity contribution in [2.45, 2.75) is 27.2 Å². The number of hydrogen-bond acceptors (Lipinski definition) is 5. The number of nitrogens with zero attached hydrogens (tertiary/aromatic N) is 1. The van der Waals surface area contributed by atoms with Gasteiger partial charge in [-0.05, 0) is 74.2 Å². The zero-order valence-electron chi connectivity index (χ0n) is 19.6. The Kier molecular flexibility index (Phi) is 7.68. The molecule has 1 heterocycles. The van der Waals surface area contributed by atoms with Crippen LogP contribution >= 0.6 is 0 Å². The van der Waals surface area contributed by atoms with Gasteiger partial charge in [-0.3, -0.25) is 14.9 Å². The number of carbonyl (C=O) groups excluding carboxylic acids is 3. The van der Waals surface area contributed by atoms with Gasteiger partial charge in [-0.1, -0.05) is 24.8 Å². The van der Waals surface area contributed by atoms with E-state index in [2.05, 4.69) is 18.5 Å². The lowest BCUT2D eigenvalue weighted by molar-refractivity contribution is -0.122. The molecule has 7 heteroatoms. The predicted molar refractivity (Wildman–Crippen MR) is 132 cm³/mol. The van der Waals surface area contributed by atoms with E-state index >= 15 is 0 Å². The molecule has 0 aromatic heterocycles. The number of amides is 4. The van der Waals surface area contributed by atoms with Gasteiger partial charge >= 0.3 is 6.03 Å². The number of nitrogens with one attached hydrogen (secondary N) is 1. The molecule has 4 amide bonds. The Morgan fingerprint density at radius 2 is 1.68 bits per heavy atom. The van der Waals surface area contributed by atoms with E-state index in [9.17, 15) is 14.4 Å². The molecule has 1 aliphatic rings. The van der Waals surface area contributed by atoms with Crippen LogP contribution in [0.3, 0.4) is 0 Å². The van der Waals surface area contributed by atoms with Gasteiger partial charge in [-0.25, -0.2) is 9.69 Å². The molecule has 0 spiro atoms. The van der Waals surface area contributed by atoms with E-state index in [1.54, 1.807) is 36.4 Å². The maximum Gasteiger partial charge on any atom is 0.335 e. The molecule has 1 N–H and O–H groups in total. The van der Waals surface area contributed by atoms with Crippen molar-refractivity contribution in [3.63, 3.8) is 0 Å². The second-order valence-corrected chi connectivity index (χ2v) is 7.84. The van der Waals surface area contributed by atoms with Crippen molar-refractivity contribution in [2.24, 2.45) is 0 Å². The van der Waals surface area contributed by atoms with Gasteiger partial charge in [-0.15, -0.1) is 6.58 Å². The lowest BCUT2D eigenvalue weighted by atomic mass is 10.0. The minimum absolute atomic E-state index is 0.162. The van der Waals surface area contributed by atoms with E-state index in [1.165, 1.54) is 6.08 Å². The molecule has 0 aliphatic carbocycles. The molecule has 0 radical (unpaired) electrons. The van der Waals surface area contributed by atoms with Crippen LogP contribution in [0.5, 0.6) is 11.5 Å². The first-order valence-electron chi connectivity index (χ1n) is 10.9. The second kappa shape index (κ2) is 10.7. The predicted octanol–water partition coefficient (Wildman–Crippen LogP) is 4.66. The highest BCUT2D eigenvalue weighted by Gasteiger charge is 2.37. The lowest BCUT2D eigenvalue weighted by Gasteiger charge is -2.27. The average Bonchev–Trinajstić information content (AvgIpc) is 2.76. The summed E-state index contributed by atoms with van der Waals surface area (Å²) in [7, 11) is 0. The molecule has 0 unspecified atom stereocenters. The lowest BCUT2D eigenvalue weighted by Crippen LogP contribution is -2.54. The Morgan fingerprint density at radius 3 is 2.29 bits per heavy atom. The standard InChI is InChI=1S/C27H28N2O5/c1-6-9-20-14-19(16-23(33-8-3)24(20)34-10-7-2)15-22-25(30)28-27(32)29(26(22)31)21-12-17(4)11-18(5)13-21/h6-7,11-16H,1-2,8-10H2,3-5H3,(H,28,30,32)/b22-15+. The van der Waals surface area contributed by atoms with Gasteiger partial charge in [0, 0.05) is 5.56 Å². The minimum atomic E-state index is -0.785. The summed E-state index contributed by atoms with van der Waals surface area (Å²) in [6.07, 6.45) is 5.29. The van der Waals surface area contributed by atoms with E-state index in [-0.39, 0.29) is 5.57 Å². The van der Waals surface area contributed by atoms with Gasteiger partial charge < -0.3 is 9.47 Å². The number of allylic oxidation sites excluding steroid dienone is 1.